The molecule has 0 radical (unpaired) electrons. The van der Waals surface area contributed by atoms with Crippen LogP contribution in [-0.4, -0.2) is 12.6 Å². The molecule has 0 saturated heterocycles. The Bertz CT molecular complexity index is 575. The van der Waals surface area contributed by atoms with Gasteiger partial charge in [0.15, 0.2) is 0 Å². The largest absolute Gasteiger partial charge is 0.313 e. The summed E-state index contributed by atoms with van der Waals surface area (Å²) in [7, 11) is 0. The number of allylic oxidation sites excluding steroid dienone is 3. The van der Waals surface area contributed by atoms with Crippen molar-refractivity contribution in [2.75, 3.05) is 6.54 Å². The van der Waals surface area contributed by atoms with Gasteiger partial charge in [-0.05, 0) is 107 Å². The van der Waals surface area contributed by atoms with Gasteiger partial charge < -0.3 is 5.32 Å². The Labute approximate surface area is 181 Å². The Morgan fingerprint density at radius 3 is 2.41 bits per heavy atom. The molecule has 164 valence electrons. The van der Waals surface area contributed by atoms with Crippen LogP contribution in [0.5, 0.6) is 0 Å². The van der Waals surface area contributed by atoms with Crippen LogP contribution in [-0.2, 0) is 0 Å². The fourth-order valence-electron chi connectivity index (χ4n) is 6.93. The number of nitrogens with one attached hydrogen (secondary N) is 1. The standard InChI is InChI=1S/C28H47N/c1-3-22-14-15-24(22)19-26(23-10-8-9-11-23)18-21(2)16-17-29-28-20-25-12-6-4-5-7-13-27(25)28/h18,22,24-25,27-29H,3-17,19-20H2,1-2H3. The van der Waals surface area contributed by atoms with E-state index in [2.05, 4.69) is 25.2 Å². The van der Waals surface area contributed by atoms with Crippen LogP contribution in [0.25, 0.3) is 0 Å². The van der Waals surface area contributed by atoms with E-state index in [0.717, 1.165) is 29.7 Å². The maximum absolute atomic E-state index is 3.96. The van der Waals surface area contributed by atoms with Crippen molar-refractivity contribution in [2.45, 2.75) is 123 Å². The zero-order valence-electron chi connectivity index (χ0n) is 19.5. The molecule has 5 atom stereocenters. The molecule has 4 aliphatic rings. The third-order valence-corrected chi connectivity index (χ3v) is 9.13. The predicted molar refractivity (Wildman–Crippen MR) is 126 cm³/mol. The summed E-state index contributed by atoms with van der Waals surface area (Å²) in [6, 6.07) is 0.832. The van der Waals surface area contributed by atoms with Crippen molar-refractivity contribution in [1.82, 2.24) is 5.32 Å². The number of rotatable bonds is 8. The Kier molecular flexibility index (Phi) is 7.96. The van der Waals surface area contributed by atoms with E-state index < -0.39 is 0 Å². The Hall–Kier alpha value is -0.560. The van der Waals surface area contributed by atoms with Gasteiger partial charge in [0.05, 0.1) is 0 Å². The van der Waals surface area contributed by atoms with Gasteiger partial charge in [0, 0.05) is 6.04 Å². The highest BCUT2D eigenvalue weighted by atomic mass is 14.9. The quantitative estimate of drug-likeness (QED) is 0.438. The third-order valence-electron chi connectivity index (χ3n) is 9.13. The molecule has 4 fully saturated rings. The molecule has 29 heavy (non-hydrogen) atoms. The molecule has 0 spiro atoms. The highest BCUT2D eigenvalue weighted by Gasteiger charge is 2.39. The molecule has 0 bridgehead atoms. The lowest BCUT2D eigenvalue weighted by Crippen LogP contribution is -2.51. The minimum atomic E-state index is 0.832. The molecule has 0 aromatic carbocycles. The SMILES string of the molecule is CCC1CCC1CC(C=C(C)CCNC1CC2CCCCCCC21)=C1CCCC1. The van der Waals surface area contributed by atoms with Gasteiger partial charge in [-0.2, -0.15) is 0 Å². The molecule has 0 aliphatic heterocycles. The van der Waals surface area contributed by atoms with Crippen molar-refractivity contribution in [2.24, 2.45) is 23.7 Å². The molecular weight excluding hydrogens is 350 g/mol. The first kappa shape index (κ1) is 21.7. The first-order valence-corrected chi connectivity index (χ1v) is 13.4. The normalized spacial score (nSPS) is 35.3. The van der Waals surface area contributed by atoms with Gasteiger partial charge in [-0.1, -0.05) is 62.7 Å². The fraction of sp³-hybridized carbons (Fsp3) is 0.857. The average Bonchev–Trinajstić information content (AvgIpc) is 3.20. The minimum Gasteiger partial charge on any atom is -0.313 e. The summed E-state index contributed by atoms with van der Waals surface area (Å²) in [5.41, 5.74) is 5.19. The summed E-state index contributed by atoms with van der Waals surface area (Å²) < 4.78 is 0. The monoisotopic (exact) mass is 397 g/mol. The first-order valence-electron chi connectivity index (χ1n) is 13.4. The van der Waals surface area contributed by atoms with Crippen LogP contribution in [0.1, 0.15) is 117 Å². The van der Waals surface area contributed by atoms with Gasteiger partial charge in [0.1, 0.15) is 0 Å². The molecular formula is C28H47N. The molecule has 4 rings (SSSR count). The van der Waals surface area contributed by atoms with Crippen LogP contribution >= 0.6 is 0 Å². The molecule has 1 nitrogen and oxygen atoms in total. The van der Waals surface area contributed by atoms with Crippen molar-refractivity contribution >= 4 is 0 Å². The highest BCUT2D eigenvalue weighted by Crippen LogP contribution is 2.44. The number of fused-ring (bicyclic) bond motifs is 1. The highest BCUT2D eigenvalue weighted by molar-refractivity contribution is 5.31. The maximum Gasteiger partial charge on any atom is 0.0101 e. The Morgan fingerprint density at radius 1 is 0.931 bits per heavy atom. The first-order chi connectivity index (χ1) is 14.2. The second-order valence-corrected chi connectivity index (χ2v) is 11.0. The van der Waals surface area contributed by atoms with E-state index in [0.29, 0.717) is 0 Å². The van der Waals surface area contributed by atoms with Crippen LogP contribution in [0, 0.1) is 23.7 Å². The van der Waals surface area contributed by atoms with Gasteiger partial charge in [0.25, 0.3) is 0 Å². The van der Waals surface area contributed by atoms with Crippen molar-refractivity contribution < 1.29 is 0 Å². The van der Waals surface area contributed by atoms with Gasteiger partial charge in [-0.15, -0.1) is 0 Å². The van der Waals surface area contributed by atoms with Crippen LogP contribution in [0.15, 0.2) is 22.8 Å². The summed E-state index contributed by atoms with van der Waals surface area (Å²) in [5.74, 6) is 4.05. The molecule has 1 N–H and O–H groups in total. The minimum absolute atomic E-state index is 0.832. The maximum atomic E-state index is 3.96. The number of hydrogen-bond acceptors (Lipinski definition) is 1. The van der Waals surface area contributed by atoms with Crippen molar-refractivity contribution in [3.63, 3.8) is 0 Å². The van der Waals surface area contributed by atoms with Crippen LogP contribution in [0.2, 0.25) is 0 Å². The van der Waals surface area contributed by atoms with Crippen LogP contribution < -0.4 is 5.32 Å². The van der Waals surface area contributed by atoms with Crippen molar-refractivity contribution in [1.29, 1.82) is 0 Å². The van der Waals surface area contributed by atoms with E-state index >= 15 is 0 Å². The summed E-state index contributed by atoms with van der Waals surface area (Å²) in [6.45, 7) is 5.99. The average molecular weight is 398 g/mol. The van der Waals surface area contributed by atoms with Gasteiger partial charge in [-0.3, -0.25) is 0 Å². The molecule has 4 saturated carbocycles. The van der Waals surface area contributed by atoms with Crippen LogP contribution in [0.4, 0.5) is 0 Å². The predicted octanol–water partition coefficient (Wildman–Crippen LogP) is 7.97. The van der Waals surface area contributed by atoms with E-state index in [-0.39, 0.29) is 0 Å². The smallest absolute Gasteiger partial charge is 0.0101 e. The molecule has 0 aromatic rings. The van der Waals surface area contributed by atoms with E-state index in [1.165, 1.54) is 109 Å². The molecule has 5 unspecified atom stereocenters. The Balaban J connectivity index is 1.27. The lowest BCUT2D eigenvalue weighted by Gasteiger charge is -2.47. The third kappa shape index (κ3) is 5.57. The summed E-state index contributed by atoms with van der Waals surface area (Å²) in [4.78, 5) is 0. The lowest BCUT2D eigenvalue weighted by atomic mass is 9.64. The van der Waals surface area contributed by atoms with Crippen molar-refractivity contribution in [3.8, 4) is 0 Å². The zero-order valence-corrected chi connectivity index (χ0v) is 19.5. The van der Waals surface area contributed by atoms with E-state index in [4.69, 9.17) is 0 Å². The number of hydrogen-bond donors (Lipinski definition) is 1. The molecule has 0 heterocycles. The molecule has 4 aliphatic carbocycles. The fourth-order valence-corrected chi connectivity index (χ4v) is 6.93. The van der Waals surface area contributed by atoms with Gasteiger partial charge in [-0.25, -0.2) is 0 Å². The van der Waals surface area contributed by atoms with Gasteiger partial charge >= 0.3 is 0 Å². The summed E-state index contributed by atoms with van der Waals surface area (Å²) in [6.07, 6.45) is 25.6. The second kappa shape index (κ2) is 10.7. The second-order valence-electron chi connectivity index (χ2n) is 11.0. The van der Waals surface area contributed by atoms with Crippen LogP contribution in [0.3, 0.4) is 0 Å². The lowest BCUT2D eigenvalue weighted by molar-refractivity contribution is 0.0769. The molecule has 0 amide bonds. The Morgan fingerprint density at radius 2 is 1.69 bits per heavy atom. The molecule has 1 heteroatoms. The van der Waals surface area contributed by atoms with E-state index in [1.54, 1.807) is 11.1 Å². The topological polar surface area (TPSA) is 12.0 Å². The van der Waals surface area contributed by atoms with E-state index in [9.17, 15) is 0 Å². The summed E-state index contributed by atoms with van der Waals surface area (Å²) in [5, 5.41) is 3.96. The zero-order chi connectivity index (χ0) is 20.1. The van der Waals surface area contributed by atoms with Gasteiger partial charge in [0.2, 0.25) is 0 Å². The van der Waals surface area contributed by atoms with Crippen molar-refractivity contribution in [3.05, 3.63) is 22.8 Å². The molecule has 0 aromatic heterocycles. The van der Waals surface area contributed by atoms with E-state index in [1.807, 2.05) is 5.57 Å². The summed E-state index contributed by atoms with van der Waals surface area (Å²) >= 11 is 0.